The SMILES string of the molecule is CC(O)(CNC(=O)COc1ccccc1)c1ccco1. The average Bonchev–Trinajstić information content (AvgIpc) is 2.99. The Bertz CT molecular complexity index is 534. The zero-order valence-electron chi connectivity index (χ0n) is 11.2. The molecule has 0 saturated carbocycles. The third-order valence-corrected chi connectivity index (χ3v) is 2.79. The molecule has 0 saturated heterocycles. The molecule has 106 valence electrons. The summed E-state index contributed by atoms with van der Waals surface area (Å²) in [4.78, 5) is 11.7. The minimum absolute atomic E-state index is 0.0531. The van der Waals surface area contributed by atoms with E-state index >= 15 is 0 Å². The monoisotopic (exact) mass is 275 g/mol. The Labute approximate surface area is 117 Å². The summed E-state index contributed by atoms with van der Waals surface area (Å²) in [6, 6.07) is 12.4. The first-order chi connectivity index (χ1) is 9.58. The third kappa shape index (κ3) is 3.86. The standard InChI is InChI=1S/C15H17NO4/c1-15(18,13-8-5-9-19-13)11-16-14(17)10-20-12-6-3-2-4-7-12/h2-9,18H,10-11H2,1H3,(H,16,17). The summed E-state index contributed by atoms with van der Waals surface area (Å²) in [6.45, 7) is 1.53. The lowest BCUT2D eigenvalue weighted by molar-refractivity contribution is -0.124. The molecule has 2 rings (SSSR count). The number of para-hydroxylation sites is 1. The van der Waals surface area contributed by atoms with Gasteiger partial charge in [-0.2, -0.15) is 0 Å². The van der Waals surface area contributed by atoms with E-state index in [0.29, 0.717) is 11.5 Å². The molecule has 1 unspecified atom stereocenters. The molecular formula is C15H17NO4. The van der Waals surface area contributed by atoms with Gasteiger partial charge in [-0.05, 0) is 31.2 Å². The molecule has 2 N–H and O–H groups in total. The summed E-state index contributed by atoms with van der Waals surface area (Å²) in [5.41, 5.74) is -1.24. The number of amides is 1. The average molecular weight is 275 g/mol. The zero-order valence-corrected chi connectivity index (χ0v) is 11.2. The summed E-state index contributed by atoms with van der Waals surface area (Å²) in [7, 11) is 0. The largest absolute Gasteiger partial charge is 0.484 e. The van der Waals surface area contributed by atoms with Crippen LogP contribution in [0.4, 0.5) is 0 Å². The van der Waals surface area contributed by atoms with Crippen LogP contribution in [0.15, 0.2) is 53.1 Å². The van der Waals surface area contributed by atoms with Crippen LogP contribution in [0.1, 0.15) is 12.7 Å². The van der Waals surface area contributed by atoms with Gasteiger partial charge in [-0.15, -0.1) is 0 Å². The van der Waals surface area contributed by atoms with Crippen molar-refractivity contribution < 1.29 is 19.1 Å². The Kier molecular flexibility index (Phi) is 4.42. The Morgan fingerprint density at radius 1 is 1.30 bits per heavy atom. The highest BCUT2D eigenvalue weighted by molar-refractivity contribution is 5.77. The Morgan fingerprint density at radius 3 is 2.70 bits per heavy atom. The van der Waals surface area contributed by atoms with Crippen LogP contribution in [0.25, 0.3) is 0 Å². The van der Waals surface area contributed by atoms with Gasteiger partial charge in [0.15, 0.2) is 6.61 Å². The predicted molar refractivity (Wildman–Crippen MR) is 73.2 cm³/mol. The van der Waals surface area contributed by atoms with Gasteiger partial charge < -0.3 is 19.6 Å². The van der Waals surface area contributed by atoms with E-state index < -0.39 is 5.60 Å². The van der Waals surface area contributed by atoms with Gasteiger partial charge in [0.05, 0.1) is 12.8 Å². The lowest BCUT2D eigenvalue weighted by Crippen LogP contribution is -2.40. The second-order valence-electron chi connectivity index (χ2n) is 4.63. The fourth-order valence-corrected chi connectivity index (χ4v) is 1.66. The third-order valence-electron chi connectivity index (χ3n) is 2.79. The summed E-state index contributed by atoms with van der Waals surface area (Å²) in [5.74, 6) is 0.725. The van der Waals surface area contributed by atoms with Gasteiger partial charge >= 0.3 is 0 Å². The molecule has 0 spiro atoms. The highest BCUT2D eigenvalue weighted by Gasteiger charge is 2.26. The molecule has 1 amide bonds. The molecular weight excluding hydrogens is 258 g/mol. The fraction of sp³-hybridized carbons (Fsp3) is 0.267. The molecule has 20 heavy (non-hydrogen) atoms. The molecule has 5 heteroatoms. The molecule has 1 aromatic heterocycles. The fourth-order valence-electron chi connectivity index (χ4n) is 1.66. The molecule has 1 atom stereocenters. The molecule has 0 bridgehead atoms. The highest BCUT2D eigenvalue weighted by Crippen LogP contribution is 2.19. The van der Waals surface area contributed by atoms with Crippen LogP contribution >= 0.6 is 0 Å². The number of benzene rings is 1. The van der Waals surface area contributed by atoms with Crippen molar-refractivity contribution in [1.29, 1.82) is 0 Å². The second-order valence-corrected chi connectivity index (χ2v) is 4.63. The van der Waals surface area contributed by atoms with E-state index in [1.165, 1.54) is 6.26 Å². The number of carbonyl (C=O) groups excluding carboxylic acids is 1. The summed E-state index contributed by atoms with van der Waals surface area (Å²) in [5, 5.41) is 12.8. The lowest BCUT2D eigenvalue weighted by Gasteiger charge is -2.21. The van der Waals surface area contributed by atoms with Gasteiger partial charge in [0.25, 0.3) is 5.91 Å². The van der Waals surface area contributed by atoms with Crippen molar-refractivity contribution in [3.8, 4) is 5.75 Å². The van der Waals surface area contributed by atoms with E-state index in [4.69, 9.17) is 9.15 Å². The highest BCUT2D eigenvalue weighted by atomic mass is 16.5. The number of ether oxygens (including phenoxy) is 1. The minimum Gasteiger partial charge on any atom is -0.484 e. The summed E-state index contributed by atoms with van der Waals surface area (Å²) >= 11 is 0. The number of rotatable bonds is 6. The first-order valence-electron chi connectivity index (χ1n) is 6.29. The van der Waals surface area contributed by atoms with Crippen molar-refractivity contribution in [3.63, 3.8) is 0 Å². The van der Waals surface area contributed by atoms with Crippen molar-refractivity contribution in [2.75, 3.05) is 13.2 Å². The zero-order chi connectivity index (χ0) is 14.4. The topological polar surface area (TPSA) is 71.7 Å². The van der Waals surface area contributed by atoms with E-state index in [1.807, 2.05) is 18.2 Å². The van der Waals surface area contributed by atoms with Crippen molar-refractivity contribution in [1.82, 2.24) is 5.32 Å². The van der Waals surface area contributed by atoms with Crippen molar-refractivity contribution >= 4 is 5.91 Å². The van der Waals surface area contributed by atoms with Gasteiger partial charge in [0.1, 0.15) is 17.1 Å². The van der Waals surface area contributed by atoms with Crippen LogP contribution in [0.3, 0.4) is 0 Å². The van der Waals surface area contributed by atoms with E-state index in [0.717, 1.165) is 0 Å². The molecule has 1 heterocycles. The second kappa shape index (κ2) is 6.25. The van der Waals surface area contributed by atoms with E-state index in [2.05, 4.69) is 5.32 Å². The Morgan fingerprint density at radius 2 is 2.05 bits per heavy atom. The first kappa shape index (κ1) is 14.1. The molecule has 5 nitrogen and oxygen atoms in total. The number of carbonyl (C=O) groups is 1. The van der Waals surface area contributed by atoms with E-state index in [9.17, 15) is 9.90 Å². The number of aliphatic hydroxyl groups is 1. The van der Waals surface area contributed by atoms with Gasteiger partial charge in [-0.25, -0.2) is 0 Å². The number of nitrogens with one attached hydrogen (secondary N) is 1. The van der Waals surface area contributed by atoms with Crippen LogP contribution in [0.5, 0.6) is 5.75 Å². The van der Waals surface area contributed by atoms with Crippen LogP contribution in [0, 0.1) is 0 Å². The predicted octanol–water partition coefficient (Wildman–Crippen LogP) is 1.68. The molecule has 0 aliphatic heterocycles. The van der Waals surface area contributed by atoms with Crippen LogP contribution in [-0.4, -0.2) is 24.2 Å². The maximum Gasteiger partial charge on any atom is 0.258 e. The lowest BCUT2D eigenvalue weighted by atomic mass is 10.0. The molecule has 0 aliphatic carbocycles. The number of hydrogen-bond acceptors (Lipinski definition) is 4. The van der Waals surface area contributed by atoms with Crippen LogP contribution < -0.4 is 10.1 Å². The maximum atomic E-state index is 11.7. The summed E-state index contributed by atoms with van der Waals surface area (Å²) < 4.78 is 10.4. The van der Waals surface area contributed by atoms with Crippen molar-refractivity contribution in [2.45, 2.75) is 12.5 Å². The van der Waals surface area contributed by atoms with Gasteiger partial charge in [-0.1, -0.05) is 18.2 Å². The van der Waals surface area contributed by atoms with E-state index in [1.54, 1.807) is 31.2 Å². The van der Waals surface area contributed by atoms with Crippen LogP contribution in [0.2, 0.25) is 0 Å². The number of hydrogen-bond donors (Lipinski definition) is 2. The van der Waals surface area contributed by atoms with Gasteiger partial charge in [0, 0.05) is 0 Å². The molecule has 2 aromatic rings. The van der Waals surface area contributed by atoms with E-state index in [-0.39, 0.29) is 19.1 Å². The molecule has 0 radical (unpaired) electrons. The molecule has 0 fully saturated rings. The van der Waals surface area contributed by atoms with Gasteiger partial charge in [0.2, 0.25) is 0 Å². The van der Waals surface area contributed by atoms with Crippen LogP contribution in [-0.2, 0) is 10.4 Å². The minimum atomic E-state index is -1.24. The van der Waals surface area contributed by atoms with Crippen molar-refractivity contribution in [3.05, 3.63) is 54.5 Å². The normalized spacial score (nSPS) is 13.5. The molecule has 0 aliphatic rings. The Hall–Kier alpha value is -2.27. The summed E-state index contributed by atoms with van der Waals surface area (Å²) in [6.07, 6.45) is 1.48. The maximum absolute atomic E-state index is 11.7. The quantitative estimate of drug-likeness (QED) is 0.841. The van der Waals surface area contributed by atoms with Crippen molar-refractivity contribution in [2.24, 2.45) is 0 Å². The first-order valence-corrected chi connectivity index (χ1v) is 6.29. The van der Waals surface area contributed by atoms with Gasteiger partial charge in [-0.3, -0.25) is 4.79 Å². The molecule has 1 aromatic carbocycles. The smallest absolute Gasteiger partial charge is 0.258 e. The Balaban J connectivity index is 1.78. The number of furan rings is 1.